The number of hydrogen-bond donors (Lipinski definition) is 2. The highest BCUT2D eigenvalue weighted by molar-refractivity contribution is 6.31. The molecule has 0 saturated carbocycles. The van der Waals surface area contributed by atoms with E-state index >= 15 is 0 Å². The fraction of sp³-hybridized carbons (Fsp3) is 0.176. The zero-order valence-corrected chi connectivity index (χ0v) is 14.5. The Morgan fingerprint density at radius 1 is 1.19 bits per heavy atom. The van der Waals surface area contributed by atoms with Crippen LogP contribution >= 0.6 is 11.6 Å². The standard InChI is InChI=1S/C17H13ClF3NO5/c1-26-10-3-5-14(23)11(7-10)16(25)27-8-15(24)22-9-2-4-13(18)12(6-9)17(19,20)21/h2-7,23H,8H2,1H3,(H,22,24). The first-order chi connectivity index (χ1) is 12.6. The van der Waals surface area contributed by atoms with Gasteiger partial charge in [-0.05, 0) is 36.4 Å². The lowest BCUT2D eigenvalue weighted by Crippen LogP contribution is -2.21. The van der Waals surface area contributed by atoms with Crippen LogP contribution in [0.2, 0.25) is 5.02 Å². The summed E-state index contributed by atoms with van der Waals surface area (Å²) in [6.45, 7) is -0.778. The van der Waals surface area contributed by atoms with Crippen LogP contribution in [0.5, 0.6) is 11.5 Å². The van der Waals surface area contributed by atoms with Gasteiger partial charge in [0.15, 0.2) is 6.61 Å². The number of esters is 1. The van der Waals surface area contributed by atoms with Gasteiger partial charge in [-0.3, -0.25) is 4.79 Å². The molecule has 144 valence electrons. The minimum absolute atomic E-state index is 0.169. The molecule has 2 aromatic rings. The maximum atomic E-state index is 12.8. The number of hydrogen-bond acceptors (Lipinski definition) is 5. The molecule has 0 saturated heterocycles. The summed E-state index contributed by atoms with van der Waals surface area (Å²) >= 11 is 5.49. The number of carbonyl (C=O) groups is 2. The van der Waals surface area contributed by atoms with Gasteiger partial charge in [-0.15, -0.1) is 0 Å². The Bertz CT molecular complexity index is 870. The van der Waals surface area contributed by atoms with E-state index < -0.39 is 35.2 Å². The average molecular weight is 404 g/mol. The summed E-state index contributed by atoms with van der Waals surface area (Å²) in [6, 6.07) is 6.66. The van der Waals surface area contributed by atoms with Crippen LogP contribution in [0, 0.1) is 0 Å². The number of rotatable bonds is 5. The largest absolute Gasteiger partial charge is 0.507 e. The zero-order valence-electron chi connectivity index (χ0n) is 13.8. The Labute approximate surface area is 156 Å². The summed E-state index contributed by atoms with van der Waals surface area (Å²) in [4.78, 5) is 23.7. The molecule has 0 aliphatic carbocycles. The van der Waals surface area contributed by atoms with Crippen molar-refractivity contribution in [1.82, 2.24) is 0 Å². The van der Waals surface area contributed by atoms with Crippen molar-refractivity contribution >= 4 is 29.2 Å². The van der Waals surface area contributed by atoms with Gasteiger partial charge in [-0.25, -0.2) is 4.79 Å². The van der Waals surface area contributed by atoms with Crippen molar-refractivity contribution in [2.24, 2.45) is 0 Å². The van der Waals surface area contributed by atoms with E-state index in [1.807, 2.05) is 0 Å². The fourth-order valence-electron chi connectivity index (χ4n) is 2.03. The number of nitrogens with one attached hydrogen (secondary N) is 1. The number of amides is 1. The first kappa shape index (κ1) is 20.4. The molecule has 0 radical (unpaired) electrons. The Morgan fingerprint density at radius 2 is 1.89 bits per heavy atom. The molecular formula is C17H13ClF3NO5. The van der Waals surface area contributed by atoms with Crippen LogP contribution in [0.1, 0.15) is 15.9 Å². The van der Waals surface area contributed by atoms with Crippen LogP contribution in [-0.4, -0.2) is 30.7 Å². The van der Waals surface area contributed by atoms with Crippen LogP contribution in [0.4, 0.5) is 18.9 Å². The van der Waals surface area contributed by atoms with Crippen molar-refractivity contribution in [3.63, 3.8) is 0 Å². The monoisotopic (exact) mass is 403 g/mol. The first-order valence-electron chi connectivity index (χ1n) is 7.32. The van der Waals surface area contributed by atoms with Crippen molar-refractivity contribution < 1.29 is 37.3 Å². The quantitative estimate of drug-likeness (QED) is 0.740. The van der Waals surface area contributed by atoms with E-state index in [4.69, 9.17) is 21.1 Å². The summed E-state index contributed by atoms with van der Waals surface area (Å²) in [5.74, 6) is -1.98. The highest BCUT2D eigenvalue weighted by Gasteiger charge is 2.33. The normalized spacial score (nSPS) is 11.0. The van der Waals surface area contributed by atoms with Crippen LogP contribution in [0.3, 0.4) is 0 Å². The average Bonchev–Trinajstić information content (AvgIpc) is 2.60. The van der Waals surface area contributed by atoms with E-state index in [1.54, 1.807) is 0 Å². The SMILES string of the molecule is COc1ccc(O)c(C(=O)OCC(=O)Nc2ccc(Cl)c(C(F)(F)F)c2)c1. The number of phenolic OH excluding ortho intramolecular Hbond substituents is 1. The third kappa shape index (κ3) is 5.27. The van der Waals surface area contributed by atoms with E-state index in [2.05, 4.69) is 5.32 Å². The topological polar surface area (TPSA) is 84.9 Å². The number of alkyl halides is 3. The van der Waals surface area contributed by atoms with Gasteiger partial charge in [-0.2, -0.15) is 13.2 Å². The number of phenols is 1. The molecule has 10 heteroatoms. The molecule has 0 heterocycles. The van der Waals surface area contributed by atoms with Gasteiger partial charge in [0.25, 0.3) is 5.91 Å². The number of benzene rings is 2. The molecular weight excluding hydrogens is 391 g/mol. The molecule has 0 bridgehead atoms. The molecule has 27 heavy (non-hydrogen) atoms. The van der Waals surface area contributed by atoms with Crippen molar-refractivity contribution in [3.8, 4) is 11.5 Å². The van der Waals surface area contributed by atoms with Gasteiger partial charge in [0.05, 0.1) is 17.7 Å². The van der Waals surface area contributed by atoms with Crippen LogP contribution in [0.15, 0.2) is 36.4 Å². The second-order valence-electron chi connectivity index (χ2n) is 5.20. The van der Waals surface area contributed by atoms with Gasteiger partial charge in [0, 0.05) is 5.69 Å². The third-order valence-corrected chi connectivity index (χ3v) is 3.64. The van der Waals surface area contributed by atoms with Gasteiger partial charge in [0.1, 0.15) is 17.1 Å². The Balaban J connectivity index is 2.02. The molecule has 6 nitrogen and oxygen atoms in total. The Morgan fingerprint density at radius 3 is 2.52 bits per heavy atom. The van der Waals surface area contributed by atoms with E-state index in [0.717, 1.165) is 6.07 Å². The summed E-state index contributed by atoms with van der Waals surface area (Å²) in [7, 11) is 1.36. The number of aromatic hydroxyl groups is 1. The minimum atomic E-state index is -4.69. The van der Waals surface area contributed by atoms with E-state index in [1.165, 1.54) is 31.4 Å². The lowest BCUT2D eigenvalue weighted by Gasteiger charge is -2.12. The van der Waals surface area contributed by atoms with Crippen LogP contribution in [0.25, 0.3) is 0 Å². The van der Waals surface area contributed by atoms with Gasteiger partial charge >= 0.3 is 12.1 Å². The van der Waals surface area contributed by atoms with Crippen molar-refractivity contribution in [2.45, 2.75) is 6.18 Å². The number of anilines is 1. The maximum absolute atomic E-state index is 12.8. The Kier molecular flexibility index (Phi) is 6.17. The summed E-state index contributed by atoms with van der Waals surface area (Å²) < 4.78 is 48.1. The van der Waals surface area contributed by atoms with E-state index in [-0.39, 0.29) is 22.7 Å². The molecule has 2 rings (SSSR count). The molecule has 0 aromatic heterocycles. The number of methoxy groups -OCH3 is 1. The van der Waals surface area contributed by atoms with Crippen molar-refractivity contribution in [1.29, 1.82) is 0 Å². The first-order valence-corrected chi connectivity index (χ1v) is 7.70. The van der Waals surface area contributed by atoms with Gasteiger partial charge in [0.2, 0.25) is 0 Å². The molecule has 0 spiro atoms. The molecule has 0 aliphatic heterocycles. The third-order valence-electron chi connectivity index (χ3n) is 3.31. The number of carbonyl (C=O) groups excluding carboxylic acids is 2. The molecule has 0 atom stereocenters. The minimum Gasteiger partial charge on any atom is -0.507 e. The maximum Gasteiger partial charge on any atom is 0.417 e. The van der Waals surface area contributed by atoms with Crippen LogP contribution < -0.4 is 10.1 Å². The summed E-state index contributed by atoms with van der Waals surface area (Å²) in [5.41, 5.74) is -1.51. The molecule has 0 fully saturated rings. The van der Waals surface area contributed by atoms with Gasteiger partial charge < -0.3 is 19.9 Å². The molecule has 0 aliphatic rings. The highest BCUT2D eigenvalue weighted by atomic mass is 35.5. The second-order valence-corrected chi connectivity index (χ2v) is 5.61. The number of ether oxygens (including phenoxy) is 2. The predicted octanol–water partition coefficient (Wildman–Crippen LogP) is 3.87. The van der Waals surface area contributed by atoms with Crippen LogP contribution in [-0.2, 0) is 15.7 Å². The fourth-order valence-corrected chi connectivity index (χ4v) is 2.26. The lowest BCUT2D eigenvalue weighted by molar-refractivity contribution is -0.137. The second kappa shape index (κ2) is 8.17. The number of halogens is 4. The van der Waals surface area contributed by atoms with Gasteiger partial charge in [-0.1, -0.05) is 11.6 Å². The summed E-state index contributed by atoms with van der Waals surface area (Å²) in [6.07, 6.45) is -4.69. The molecule has 1 amide bonds. The highest BCUT2D eigenvalue weighted by Crippen LogP contribution is 2.36. The smallest absolute Gasteiger partial charge is 0.417 e. The molecule has 0 unspecified atom stereocenters. The zero-order chi connectivity index (χ0) is 20.2. The van der Waals surface area contributed by atoms with Crippen molar-refractivity contribution in [2.75, 3.05) is 19.0 Å². The lowest BCUT2D eigenvalue weighted by atomic mass is 10.2. The van der Waals surface area contributed by atoms with E-state index in [0.29, 0.717) is 6.07 Å². The van der Waals surface area contributed by atoms with Crippen molar-refractivity contribution in [3.05, 3.63) is 52.5 Å². The molecule has 2 aromatic carbocycles. The Hall–Kier alpha value is -2.94. The van der Waals surface area contributed by atoms with E-state index in [9.17, 15) is 27.9 Å². The summed E-state index contributed by atoms with van der Waals surface area (Å²) in [5, 5.41) is 11.3. The molecule has 2 N–H and O–H groups in total. The predicted molar refractivity (Wildman–Crippen MR) is 90.0 cm³/mol.